The van der Waals surface area contributed by atoms with Crippen LogP contribution in [0.2, 0.25) is 10.0 Å². The van der Waals surface area contributed by atoms with Crippen LogP contribution in [0.1, 0.15) is 15.9 Å². The Morgan fingerprint density at radius 3 is 2.05 bits per heavy atom. The minimum absolute atomic E-state index is 0.0940. The Kier molecular flexibility index (Phi) is 3.47. The van der Waals surface area contributed by atoms with Crippen LogP contribution >= 0.6 is 23.2 Å². The van der Waals surface area contributed by atoms with E-state index in [2.05, 4.69) is 0 Å². The minimum Gasteiger partial charge on any atom is -0.289 e. The fourth-order valence-electron chi connectivity index (χ4n) is 2.25. The van der Waals surface area contributed by atoms with Gasteiger partial charge in [-0.05, 0) is 29.7 Å². The summed E-state index contributed by atoms with van der Waals surface area (Å²) >= 11 is 12.3. The summed E-state index contributed by atoms with van der Waals surface area (Å²) in [5, 5.41) is 2.80. The Morgan fingerprint density at radius 1 is 0.650 bits per heavy atom. The van der Waals surface area contributed by atoms with Crippen LogP contribution in [-0.2, 0) is 0 Å². The zero-order valence-electron chi connectivity index (χ0n) is 10.4. The van der Waals surface area contributed by atoms with Crippen molar-refractivity contribution >= 4 is 39.8 Å². The summed E-state index contributed by atoms with van der Waals surface area (Å²) in [6.07, 6.45) is 0. The van der Waals surface area contributed by atoms with Gasteiger partial charge in [0, 0.05) is 21.5 Å². The fraction of sp³-hybridized carbons (Fsp3) is 0. The highest BCUT2D eigenvalue weighted by Crippen LogP contribution is 2.29. The molecular formula is C17H10Cl2O. The first-order valence-electron chi connectivity index (χ1n) is 6.15. The average molecular weight is 301 g/mol. The minimum atomic E-state index is -0.0940. The molecule has 0 aromatic heterocycles. The molecule has 0 unspecified atom stereocenters. The van der Waals surface area contributed by atoms with Crippen LogP contribution in [0.3, 0.4) is 0 Å². The lowest BCUT2D eigenvalue weighted by Gasteiger charge is -2.08. The second-order valence-electron chi connectivity index (χ2n) is 4.45. The van der Waals surface area contributed by atoms with Gasteiger partial charge in [0.25, 0.3) is 0 Å². The lowest BCUT2D eigenvalue weighted by Crippen LogP contribution is -2.03. The first-order valence-corrected chi connectivity index (χ1v) is 6.90. The van der Waals surface area contributed by atoms with E-state index >= 15 is 0 Å². The number of ketones is 1. The van der Waals surface area contributed by atoms with E-state index in [4.69, 9.17) is 23.2 Å². The standard InChI is InChI=1S/C17H10Cl2O/c18-15-8-4-3-7-14(15)17(20)13-9-10-16(19)12-6-2-1-5-11(12)13/h1-10H. The molecule has 20 heavy (non-hydrogen) atoms. The third-order valence-corrected chi connectivity index (χ3v) is 3.89. The summed E-state index contributed by atoms with van der Waals surface area (Å²) in [7, 11) is 0. The molecular weight excluding hydrogens is 291 g/mol. The van der Waals surface area contributed by atoms with Crippen molar-refractivity contribution < 1.29 is 4.79 Å². The Labute approximate surface area is 126 Å². The maximum absolute atomic E-state index is 12.7. The first kappa shape index (κ1) is 13.2. The van der Waals surface area contributed by atoms with Gasteiger partial charge in [0.15, 0.2) is 5.78 Å². The molecule has 3 aromatic rings. The molecule has 0 spiro atoms. The molecule has 0 heterocycles. The number of carbonyl (C=O) groups is 1. The first-order chi connectivity index (χ1) is 9.68. The van der Waals surface area contributed by atoms with E-state index in [1.165, 1.54) is 0 Å². The van der Waals surface area contributed by atoms with Crippen molar-refractivity contribution in [2.45, 2.75) is 0 Å². The molecule has 0 aliphatic rings. The van der Waals surface area contributed by atoms with Gasteiger partial charge in [0.2, 0.25) is 0 Å². The van der Waals surface area contributed by atoms with Crippen molar-refractivity contribution in [3.05, 3.63) is 81.8 Å². The fourth-order valence-corrected chi connectivity index (χ4v) is 2.70. The van der Waals surface area contributed by atoms with Crippen LogP contribution < -0.4 is 0 Å². The number of fused-ring (bicyclic) bond motifs is 1. The lowest BCUT2D eigenvalue weighted by molar-refractivity contribution is 0.104. The van der Waals surface area contributed by atoms with Crippen LogP contribution in [0.5, 0.6) is 0 Å². The van der Waals surface area contributed by atoms with E-state index < -0.39 is 0 Å². The monoisotopic (exact) mass is 300 g/mol. The van der Waals surface area contributed by atoms with Crippen molar-refractivity contribution in [3.8, 4) is 0 Å². The lowest BCUT2D eigenvalue weighted by atomic mass is 9.97. The summed E-state index contributed by atoms with van der Waals surface area (Å²) in [6.45, 7) is 0. The zero-order chi connectivity index (χ0) is 14.1. The van der Waals surface area contributed by atoms with Crippen LogP contribution in [0.25, 0.3) is 10.8 Å². The van der Waals surface area contributed by atoms with Crippen molar-refractivity contribution in [1.82, 2.24) is 0 Å². The highest BCUT2D eigenvalue weighted by atomic mass is 35.5. The molecule has 3 aromatic carbocycles. The van der Waals surface area contributed by atoms with Gasteiger partial charge >= 0.3 is 0 Å². The Morgan fingerprint density at radius 2 is 1.30 bits per heavy atom. The second kappa shape index (κ2) is 5.28. The summed E-state index contributed by atoms with van der Waals surface area (Å²) in [4.78, 5) is 12.7. The van der Waals surface area contributed by atoms with Gasteiger partial charge in [-0.25, -0.2) is 0 Å². The molecule has 0 amide bonds. The molecule has 0 fully saturated rings. The van der Waals surface area contributed by atoms with Crippen LogP contribution in [0.15, 0.2) is 60.7 Å². The number of halogens is 2. The van der Waals surface area contributed by atoms with E-state index in [1.807, 2.05) is 24.3 Å². The molecule has 0 saturated carbocycles. The number of carbonyl (C=O) groups excluding carboxylic acids is 1. The molecule has 0 aliphatic heterocycles. The number of hydrogen-bond acceptors (Lipinski definition) is 1. The van der Waals surface area contributed by atoms with Crippen molar-refractivity contribution in [3.63, 3.8) is 0 Å². The van der Waals surface area contributed by atoms with E-state index in [9.17, 15) is 4.79 Å². The summed E-state index contributed by atoms with van der Waals surface area (Å²) in [5.41, 5.74) is 1.11. The van der Waals surface area contributed by atoms with Gasteiger partial charge < -0.3 is 0 Å². The van der Waals surface area contributed by atoms with Crippen LogP contribution in [0, 0.1) is 0 Å². The van der Waals surface area contributed by atoms with Gasteiger partial charge in [-0.3, -0.25) is 4.79 Å². The summed E-state index contributed by atoms with van der Waals surface area (Å²) in [5.74, 6) is -0.0940. The molecule has 1 nitrogen and oxygen atoms in total. The van der Waals surface area contributed by atoms with Gasteiger partial charge in [0.1, 0.15) is 0 Å². The largest absolute Gasteiger partial charge is 0.289 e. The van der Waals surface area contributed by atoms with Crippen molar-refractivity contribution in [2.24, 2.45) is 0 Å². The SMILES string of the molecule is O=C(c1ccccc1Cl)c1ccc(Cl)c2ccccc12. The zero-order valence-corrected chi connectivity index (χ0v) is 11.9. The molecule has 0 aliphatic carbocycles. The maximum Gasteiger partial charge on any atom is 0.195 e. The van der Waals surface area contributed by atoms with Gasteiger partial charge in [-0.2, -0.15) is 0 Å². The van der Waals surface area contributed by atoms with Crippen LogP contribution in [-0.4, -0.2) is 5.78 Å². The average Bonchev–Trinajstić information content (AvgIpc) is 2.48. The Balaban J connectivity index is 2.23. The van der Waals surface area contributed by atoms with Gasteiger partial charge in [-0.1, -0.05) is 59.6 Å². The normalized spacial score (nSPS) is 10.7. The summed E-state index contributed by atoms with van der Waals surface area (Å²) in [6, 6.07) is 18.1. The molecule has 3 rings (SSSR count). The number of hydrogen-bond donors (Lipinski definition) is 0. The van der Waals surface area contributed by atoms with Gasteiger partial charge in [0.05, 0.1) is 5.02 Å². The van der Waals surface area contributed by atoms with E-state index in [0.29, 0.717) is 21.2 Å². The third-order valence-electron chi connectivity index (χ3n) is 3.23. The van der Waals surface area contributed by atoms with E-state index in [1.54, 1.807) is 36.4 Å². The predicted octanol–water partition coefficient (Wildman–Crippen LogP) is 5.38. The molecule has 0 radical (unpaired) electrons. The third kappa shape index (κ3) is 2.20. The number of rotatable bonds is 2. The van der Waals surface area contributed by atoms with Crippen molar-refractivity contribution in [1.29, 1.82) is 0 Å². The molecule has 0 bridgehead atoms. The maximum atomic E-state index is 12.7. The highest BCUT2D eigenvalue weighted by Gasteiger charge is 2.15. The highest BCUT2D eigenvalue weighted by molar-refractivity contribution is 6.38. The number of benzene rings is 3. The smallest absolute Gasteiger partial charge is 0.195 e. The van der Waals surface area contributed by atoms with Crippen molar-refractivity contribution in [2.75, 3.05) is 0 Å². The molecule has 0 atom stereocenters. The predicted molar refractivity (Wildman–Crippen MR) is 83.8 cm³/mol. The molecule has 98 valence electrons. The quantitative estimate of drug-likeness (QED) is 0.581. The molecule has 0 N–H and O–H groups in total. The van der Waals surface area contributed by atoms with E-state index in [-0.39, 0.29) is 5.78 Å². The second-order valence-corrected chi connectivity index (χ2v) is 5.26. The molecule has 0 saturated heterocycles. The van der Waals surface area contributed by atoms with Gasteiger partial charge in [-0.15, -0.1) is 0 Å². The Hall–Kier alpha value is -1.83. The Bertz CT molecular complexity index is 809. The summed E-state index contributed by atoms with van der Waals surface area (Å²) < 4.78 is 0. The molecule has 3 heteroatoms. The van der Waals surface area contributed by atoms with E-state index in [0.717, 1.165) is 10.8 Å². The topological polar surface area (TPSA) is 17.1 Å². The van der Waals surface area contributed by atoms with Crippen LogP contribution in [0.4, 0.5) is 0 Å².